The van der Waals surface area contributed by atoms with Gasteiger partial charge in [-0.2, -0.15) is 0 Å². The molecule has 0 saturated carbocycles. The van der Waals surface area contributed by atoms with Crippen LogP contribution in [0.2, 0.25) is 5.02 Å². The van der Waals surface area contributed by atoms with Crippen LogP contribution in [0.15, 0.2) is 30.4 Å². The van der Waals surface area contributed by atoms with Crippen LogP contribution >= 0.6 is 11.6 Å². The van der Waals surface area contributed by atoms with E-state index >= 15 is 0 Å². The topological polar surface area (TPSA) is 29.1 Å². The third kappa shape index (κ3) is 2.89. The van der Waals surface area contributed by atoms with Crippen LogP contribution in [-0.2, 0) is 4.79 Å². The lowest BCUT2D eigenvalue weighted by atomic mass is 10.2. The van der Waals surface area contributed by atoms with Gasteiger partial charge in [-0.05, 0) is 37.6 Å². The molecule has 0 aliphatic heterocycles. The van der Waals surface area contributed by atoms with Crippen molar-refractivity contribution in [2.45, 2.75) is 13.8 Å². The Morgan fingerprint density at radius 3 is 2.79 bits per heavy atom. The summed E-state index contributed by atoms with van der Waals surface area (Å²) < 4.78 is 0. The monoisotopic (exact) mass is 209 g/mol. The third-order valence-electron chi connectivity index (χ3n) is 1.76. The van der Waals surface area contributed by atoms with E-state index in [1.54, 1.807) is 19.1 Å². The van der Waals surface area contributed by atoms with Crippen molar-refractivity contribution in [3.63, 3.8) is 0 Å². The fourth-order valence-electron chi connectivity index (χ4n) is 1.01. The highest BCUT2D eigenvalue weighted by Crippen LogP contribution is 2.19. The Bertz CT molecular complexity index is 372. The van der Waals surface area contributed by atoms with Gasteiger partial charge in [-0.3, -0.25) is 4.79 Å². The predicted molar refractivity (Wildman–Crippen MR) is 59.6 cm³/mol. The van der Waals surface area contributed by atoms with Crippen molar-refractivity contribution in [2.24, 2.45) is 0 Å². The number of carbonyl (C=O) groups excluding carboxylic acids is 1. The number of carbonyl (C=O) groups is 1. The number of hydrogen-bond donors (Lipinski definition) is 1. The number of rotatable bonds is 2. The number of halogens is 1. The Morgan fingerprint density at radius 2 is 2.21 bits per heavy atom. The van der Waals surface area contributed by atoms with Crippen molar-refractivity contribution in [3.8, 4) is 0 Å². The molecular weight excluding hydrogens is 198 g/mol. The van der Waals surface area contributed by atoms with Crippen LogP contribution in [0.4, 0.5) is 5.69 Å². The van der Waals surface area contributed by atoms with E-state index < -0.39 is 0 Å². The molecule has 74 valence electrons. The smallest absolute Gasteiger partial charge is 0.248 e. The van der Waals surface area contributed by atoms with Gasteiger partial charge in [0.05, 0.1) is 0 Å². The third-order valence-corrected chi connectivity index (χ3v) is 2.16. The Labute approximate surface area is 88.6 Å². The first kappa shape index (κ1) is 10.8. The Morgan fingerprint density at radius 1 is 1.50 bits per heavy atom. The zero-order valence-corrected chi connectivity index (χ0v) is 8.93. The molecule has 3 heteroatoms. The van der Waals surface area contributed by atoms with Crippen molar-refractivity contribution in [2.75, 3.05) is 5.32 Å². The molecule has 0 radical (unpaired) electrons. The SMILES string of the molecule is CC=CC(=O)Nc1ccc(C)c(Cl)c1. The molecule has 1 aromatic carbocycles. The lowest BCUT2D eigenvalue weighted by molar-refractivity contribution is -0.111. The maximum atomic E-state index is 11.2. The number of aryl methyl sites for hydroxylation is 1. The lowest BCUT2D eigenvalue weighted by Crippen LogP contribution is -2.07. The molecule has 2 nitrogen and oxygen atoms in total. The minimum Gasteiger partial charge on any atom is -0.322 e. The minimum absolute atomic E-state index is 0.146. The molecule has 0 fully saturated rings. The van der Waals surface area contributed by atoms with Crippen LogP contribution in [0.25, 0.3) is 0 Å². The molecule has 14 heavy (non-hydrogen) atoms. The molecule has 1 aromatic rings. The first-order valence-electron chi connectivity index (χ1n) is 4.33. The van der Waals surface area contributed by atoms with E-state index in [9.17, 15) is 4.79 Å². The molecule has 0 bridgehead atoms. The van der Waals surface area contributed by atoms with Gasteiger partial charge in [-0.1, -0.05) is 23.7 Å². The first-order chi connectivity index (χ1) is 6.63. The number of hydrogen-bond acceptors (Lipinski definition) is 1. The van der Waals surface area contributed by atoms with Gasteiger partial charge < -0.3 is 5.32 Å². The van der Waals surface area contributed by atoms with Crippen molar-refractivity contribution < 1.29 is 4.79 Å². The highest BCUT2D eigenvalue weighted by molar-refractivity contribution is 6.31. The Balaban J connectivity index is 2.78. The quantitative estimate of drug-likeness (QED) is 0.745. The molecule has 0 saturated heterocycles. The van der Waals surface area contributed by atoms with E-state index in [4.69, 9.17) is 11.6 Å². The first-order valence-corrected chi connectivity index (χ1v) is 4.71. The van der Waals surface area contributed by atoms with Gasteiger partial charge in [0, 0.05) is 10.7 Å². The molecule has 0 atom stereocenters. The zero-order chi connectivity index (χ0) is 10.6. The van der Waals surface area contributed by atoms with Crippen LogP contribution < -0.4 is 5.32 Å². The van der Waals surface area contributed by atoms with Crippen molar-refractivity contribution in [1.82, 2.24) is 0 Å². The Kier molecular flexibility index (Phi) is 3.72. The van der Waals surface area contributed by atoms with E-state index in [0.717, 1.165) is 5.56 Å². The van der Waals surface area contributed by atoms with Crippen molar-refractivity contribution in [1.29, 1.82) is 0 Å². The lowest BCUT2D eigenvalue weighted by Gasteiger charge is -2.03. The molecule has 0 spiro atoms. The van der Waals surface area contributed by atoms with Gasteiger partial charge in [-0.25, -0.2) is 0 Å². The summed E-state index contributed by atoms with van der Waals surface area (Å²) in [5.41, 5.74) is 1.71. The van der Waals surface area contributed by atoms with E-state index in [1.165, 1.54) is 6.08 Å². The second-order valence-electron chi connectivity index (χ2n) is 2.95. The van der Waals surface area contributed by atoms with Gasteiger partial charge in [0.1, 0.15) is 0 Å². The van der Waals surface area contributed by atoms with Crippen LogP contribution in [0.5, 0.6) is 0 Å². The fraction of sp³-hybridized carbons (Fsp3) is 0.182. The molecule has 1 rings (SSSR count). The van der Waals surface area contributed by atoms with Crippen LogP contribution in [0, 0.1) is 6.92 Å². The second-order valence-corrected chi connectivity index (χ2v) is 3.36. The number of nitrogens with one attached hydrogen (secondary N) is 1. The van der Waals surface area contributed by atoms with Crippen LogP contribution in [-0.4, -0.2) is 5.91 Å². The second kappa shape index (κ2) is 4.82. The average molecular weight is 210 g/mol. The summed E-state index contributed by atoms with van der Waals surface area (Å²) in [6, 6.07) is 5.43. The van der Waals surface area contributed by atoms with Gasteiger partial charge in [0.2, 0.25) is 5.91 Å². The molecule has 0 aromatic heterocycles. The highest BCUT2D eigenvalue weighted by atomic mass is 35.5. The summed E-state index contributed by atoms with van der Waals surface area (Å²) in [6.07, 6.45) is 3.15. The average Bonchev–Trinajstić information content (AvgIpc) is 2.12. The normalized spacial score (nSPS) is 10.5. The van der Waals surface area contributed by atoms with Gasteiger partial charge in [-0.15, -0.1) is 0 Å². The number of benzene rings is 1. The summed E-state index contributed by atoms with van der Waals surface area (Å²) in [5.74, 6) is -0.146. The van der Waals surface area contributed by atoms with Crippen molar-refractivity contribution in [3.05, 3.63) is 40.9 Å². The number of allylic oxidation sites excluding steroid dienone is 1. The van der Waals surface area contributed by atoms with Gasteiger partial charge >= 0.3 is 0 Å². The summed E-state index contributed by atoms with van der Waals surface area (Å²) in [4.78, 5) is 11.2. The summed E-state index contributed by atoms with van der Waals surface area (Å²) in [6.45, 7) is 3.71. The van der Waals surface area contributed by atoms with E-state index in [-0.39, 0.29) is 5.91 Å². The molecule has 0 unspecified atom stereocenters. The number of amides is 1. The molecule has 0 heterocycles. The standard InChI is InChI=1S/C11H12ClNO/c1-3-4-11(14)13-9-6-5-8(2)10(12)7-9/h3-7H,1-2H3,(H,13,14). The van der Waals surface area contributed by atoms with Gasteiger partial charge in [0.15, 0.2) is 0 Å². The van der Waals surface area contributed by atoms with Crippen LogP contribution in [0.3, 0.4) is 0 Å². The largest absolute Gasteiger partial charge is 0.322 e. The van der Waals surface area contributed by atoms with E-state index in [0.29, 0.717) is 10.7 Å². The van der Waals surface area contributed by atoms with Crippen molar-refractivity contribution >= 4 is 23.2 Å². The predicted octanol–water partition coefficient (Wildman–Crippen LogP) is 3.16. The molecular formula is C11H12ClNO. The van der Waals surface area contributed by atoms with Gasteiger partial charge in [0.25, 0.3) is 0 Å². The maximum absolute atomic E-state index is 11.2. The minimum atomic E-state index is -0.146. The highest BCUT2D eigenvalue weighted by Gasteiger charge is 1.99. The van der Waals surface area contributed by atoms with E-state index in [2.05, 4.69) is 5.32 Å². The Hall–Kier alpha value is -1.28. The summed E-state index contributed by atoms with van der Waals surface area (Å²) in [5, 5.41) is 3.36. The number of anilines is 1. The summed E-state index contributed by atoms with van der Waals surface area (Å²) in [7, 11) is 0. The molecule has 1 amide bonds. The summed E-state index contributed by atoms with van der Waals surface area (Å²) >= 11 is 5.91. The fourth-order valence-corrected chi connectivity index (χ4v) is 1.19. The molecule has 0 aliphatic carbocycles. The van der Waals surface area contributed by atoms with E-state index in [1.807, 2.05) is 19.1 Å². The zero-order valence-electron chi connectivity index (χ0n) is 8.17. The van der Waals surface area contributed by atoms with Crippen LogP contribution in [0.1, 0.15) is 12.5 Å². The molecule has 0 aliphatic rings. The maximum Gasteiger partial charge on any atom is 0.248 e. The molecule has 1 N–H and O–H groups in total.